The molecule has 0 aliphatic rings. The Bertz CT molecular complexity index is 498. The molecule has 2 aromatic heterocycles. The third-order valence-corrected chi connectivity index (χ3v) is 1.94. The number of alkyl halides is 2. The van der Waals surface area contributed by atoms with Crippen LogP contribution in [0.25, 0.3) is 5.65 Å². The Kier molecular flexibility index (Phi) is 2.51. The molecule has 1 atom stereocenters. The molecule has 0 saturated carbocycles. The Morgan fingerprint density at radius 3 is 3.20 bits per heavy atom. The van der Waals surface area contributed by atoms with Crippen molar-refractivity contribution in [1.82, 2.24) is 14.6 Å². The van der Waals surface area contributed by atoms with E-state index >= 15 is 0 Å². The van der Waals surface area contributed by atoms with Crippen molar-refractivity contribution < 1.29 is 9.18 Å². The molecule has 5 nitrogen and oxygen atoms in total. The maximum Gasteiger partial charge on any atom is 0.274 e. The molecule has 0 spiro atoms. The van der Waals surface area contributed by atoms with Gasteiger partial charge in [-0.2, -0.15) is 5.10 Å². The van der Waals surface area contributed by atoms with Crippen molar-refractivity contribution in [2.24, 2.45) is 0 Å². The van der Waals surface area contributed by atoms with Crippen LogP contribution >= 0.6 is 11.6 Å². The first-order valence-corrected chi connectivity index (χ1v) is 4.49. The van der Waals surface area contributed by atoms with Crippen molar-refractivity contribution in [1.29, 1.82) is 0 Å². The lowest BCUT2D eigenvalue weighted by Gasteiger charge is -2.04. The highest BCUT2D eigenvalue weighted by Crippen LogP contribution is 2.11. The van der Waals surface area contributed by atoms with E-state index in [-0.39, 0.29) is 0 Å². The number of carbonyl (C=O) groups is 1. The molecule has 0 aliphatic carbocycles. The topological polar surface area (TPSA) is 59.3 Å². The van der Waals surface area contributed by atoms with Gasteiger partial charge in [0, 0.05) is 18.0 Å². The number of nitrogens with one attached hydrogen (secondary N) is 1. The number of nitrogens with zero attached hydrogens (tertiary/aromatic N) is 3. The van der Waals surface area contributed by atoms with E-state index < -0.39 is 11.5 Å². The first-order chi connectivity index (χ1) is 7.16. The predicted octanol–water partition coefficient (Wildman–Crippen LogP) is 1.20. The van der Waals surface area contributed by atoms with Gasteiger partial charge in [0.05, 0.1) is 0 Å². The minimum atomic E-state index is -2.06. The standard InChI is InChI=1S/C8H6ClFN4O/c9-7(10)8(15)13-5-1-2-14-6(3-5)11-4-12-14/h1-4,7H,(H,13,15). The second-order valence-corrected chi connectivity index (χ2v) is 3.15. The zero-order chi connectivity index (χ0) is 10.8. The molecule has 2 heterocycles. The summed E-state index contributed by atoms with van der Waals surface area (Å²) in [5, 5.41) is 6.16. The molecule has 1 amide bonds. The summed E-state index contributed by atoms with van der Waals surface area (Å²) in [7, 11) is 0. The summed E-state index contributed by atoms with van der Waals surface area (Å²) in [4.78, 5) is 14.8. The molecule has 2 aromatic rings. The monoisotopic (exact) mass is 228 g/mol. The minimum absolute atomic E-state index is 0.420. The Morgan fingerprint density at radius 1 is 1.67 bits per heavy atom. The average Bonchev–Trinajstić information content (AvgIpc) is 2.64. The molecule has 7 heteroatoms. The number of halogens is 2. The van der Waals surface area contributed by atoms with Gasteiger partial charge in [-0.1, -0.05) is 11.6 Å². The van der Waals surface area contributed by atoms with Crippen molar-refractivity contribution in [3.63, 3.8) is 0 Å². The van der Waals surface area contributed by atoms with Crippen molar-refractivity contribution >= 4 is 28.8 Å². The van der Waals surface area contributed by atoms with Gasteiger partial charge in [-0.3, -0.25) is 4.79 Å². The van der Waals surface area contributed by atoms with Crippen LogP contribution in [0.15, 0.2) is 24.7 Å². The number of anilines is 1. The van der Waals surface area contributed by atoms with Crippen LogP contribution in [0, 0.1) is 0 Å². The van der Waals surface area contributed by atoms with Crippen LogP contribution in [0.3, 0.4) is 0 Å². The van der Waals surface area contributed by atoms with Crippen LogP contribution < -0.4 is 5.32 Å². The van der Waals surface area contributed by atoms with Crippen LogP contribution in [0.4, 0.5) is 10.1 Å². The summed E-state index contributed by atoms with van der Waals surface area (Å²) < 4.78 is 13.9. The number of hydrogen-bond donors (Lipinski definition) is 1. The highest BCUT2D eigenvalue weighted by Gasteiger charge is 2.13. The van der Waals surface area contributed by atoms with Crippen molar-refractivity contribution in [3.8, 4) is 0 Å². The maximum absolute atomic E-state index is 12.4. The molecule has 1 unspecified atom stereocenters. The van der Waals surface area contributed by atoms with E-state index in [4.69, 9.17) is 11.6 Å². The first kappa shape index (κ1) is 9.85. The number of hydrogen-bond acceptors (Lipinski definition) is 3. The molecule has 78 valence electrons. The zero-order valence-corrected chi connectivity index (χ0v) is 8.15. The fourth-order valence-corrected chi connectivity index (χ4v) is 1.14. The molecule has 0 saturated heterocycles. The van der Waals surface area contributed by atoms with Crippen molar-refractivity contribution in [3.05, 3.63) is 24.7 Å². The summed E-state index contributed by atoms with van der Waals surface area (Å²) in [5.41, 5.74) is -1.08. The highest BCUT2D eigenvalue weighted by molar-refractivity contribution is 6.31. The third kappa shape index (κ3) is 2.04. The molecular formula is C8H6ClFN4O. The molecule has 0 fully saturated rings. The van der Waals surface area contributed by atoms with E-state index in [9.17, 15) is 9.18 Å². The predicted molar refractivity (Wildman–Crippen MR) is 52.4 cm³/mol. The highest BCUT2D eigenvalue weighted by atomic mass is 35.5. The van der Waals surface area contributed by atoms with E-state index in [1.807, 2.05) is 0 Å². The average molecular weight is 229 g/mol. The van der Waals surface area contributed by atoms with E-state index in [1.54, 1.807) is 18.3 Å². The van der Waals surface area contributed by atoms with Gasteiger partial charge >= 0.3 is 0 Å². The first-order valence-electron chi connectivity index (χ1n) is 4.05. The summed E-state index contributed by atoms with van der Waals surface area (Å²) in [5.74, 6) is -0.902. The van der Waals surface area contributed by atoms with Crippen LogP contribution in [-0.2, 0) is 4.79 Å². The Morgan fingerprint density at radius 2 is 2.47 bits per heavy atom. The lowest BCUT2D eigenvalue weighted by atomic mass is 10.4. The van der Waals surface area contributed by atoms with Crippen molar-refractivity contribution in [2.45, 2.75) is 5.63 Å². The Balaban J connectivity index is 2.25. The SMILES string of the molecule is O=C(Nc1ccn2ncnc2c1)C(F)Cl. The molecular weight excluding hydrogens is 223 g/mol. The maximum atomic E-state index is 12.4. The third-order valence-electron chi connectivity index (χ3n) is 1.75. The summed E-state index contributed by atoms with van der Waals surface area (Å²) in [6.07, 6.45) is 2.97. The van der Waals surface area contributed by atoms with Gasteiger partial charge in [0.15, 0.2) is 5.65 Å². The van der Waals surface area contributed by atoms with E-state index in [0.29, 0.717) is 11.3 Å². The summed E-state index contributed by atoms with van der Waals surface area (Å²) in [6.45, 7) is 0. The molecule has 0 radical (unpaired) electrons. The molecule has 0 aromatic carbocycles. The van der Waals surface area contributed by atoms with Crippen LogP contribution in [0.2, 0.25) is 0 Å². The zero-order valence-electron chi connectivity index (χ0n) is 7.39. The van der Waals surface area contributed by atoms with Crippen LogP contribution in [-0.4, -0.2) is 26.1 Å². The summed E-state index contributed by atoms with van der Waals surface area (Å²) >= 11 is 4.96. The molecule has 15 heavy (non-hydrogen) atoms. The smallest absolute Gasteiger partial charge is 0.274 e. The van der Waals surface area contributed by atoms with Gasteiger partial charge in [-0.25, -0.2) is 13.9 Å². The number of pyridine rings is 1. The van der Waals surface area contributed by atoms with Gasteiger partial charge in [0.1, 0.15) is 6.33 Å². The second kappa shape index (κ2) is 3.82. The molecule has 2 rings (SSSR count). The van der Waals surface area contributed by atoms with Gasteiger partial charge in [0.25, 0.3) is 11.5 Å². The van der Waals surface area contributed by atoms with Gasteiger partial charge in [0.2, 0.25) is 0 Å². The number of fused-ring (bicyclic) bond motifs is 1. The van der Waals surface area contributed by atoms with Gasteiger partial charge < -0.3 is 5.32 Å². The van der Waals surface area contributed by atoms with Crippen LogP contribution in [0.1, 0.15) is 0 Å². The number of aromatic nitrogens is 3. The second-order valence-electron chi connectivity index (χ2n) is 2.77. The van der Waals surface area contributed by atoms with E-state index in [2.05, 4.69) is 15.4 Å². The van der Waals surface area contributed by atoms with Gasteiger partial charge in [-0.05, 0) is 6.07 Å². The van der Waals surface area contributed by atoms with Crippen molar-refractivity contribution in [2.75, 3.05) is 5.32 Å². The van der Waals surface area contributed by atoms with Gasteiger partial charge in [-0.15, -0.1) is 0 Å². The Hall–Kier alpha value is -1.69. The summed E-state index contributed by atoms with van der Waals surface area (Å²) in [6, 6.07) is 3.13. The lowest BCUT2D eigenvalue weighted by molar-refractivity contribution is -0.118. The van der Waals surface area contributed by atoms with E-state index in [0.717, 1.165) is 0 Å². The largest absolute Gasteiger partial charge is 0.322 e. The van der Waals surface area contributed by atoms with Crippen LogP contribution in [0.5, 0.6) is 0 Å². The van der Waals surface area contributed by atoms with E-state index in [1.165, 1.54) is 10.8 Å². The fraction of sp³-hybridized carbons (Fsp3) is 0.125. The number of rotatable bonds is 2. The lowest BCUT2D eigenvalue weighted by Crippen LogP contribution is -2.19. The molecule has 1 N–H and O–H groups in total. The number of amides is 1. The Labute approximate surface area is 88.9 Å². The normalized spacial score (nSPS) is 12.7. The molecule has 0 bridgehead atoms. The molecule has 0 aliphatic heterocycles. The quantitative estimate of drug-likeness (QED) is 0.786. The minimum Gasteiger partial charge on any atom is -0.322 e. The number of carbonyl (C=O) groups excluding carboxylic acids is 1. The fourth-order valence-electron chi connectivity index (χ4n) is 1.09.